The largest absolute Gasteiger partial charge is 0.388 e. The molecule has 182 valence electrons. The van der Waals surface area contributed by atoms with Crippen molar-refractivity contribution in [3.63, 3.8) is 0 Å². The summed E-state index contributed by atoms with van der Waals surface area (Å²) in [6, 6.07) is 0. The quantitative estimate of drug-likeness (QED) is 0.305. The Balaban J connectivity index is 1.60. The Morgan fingerprint density at radius 1 is 1.12 bits per heavy atom. The molecule has 0 aromatic carbocycles. The molecular formula is C29H48O3. The molecule has 0 radical (unpaired) electrons. The fourth-order valence-electron chi connectivity index (χ4n) is 6.93. The summed E-state index contributed by atoms with van der Waals surface area (Å²) in [5, 5.41) is 20.3. The van der Waals surface area contributed by atoms with Crippen LogP contribution in [0.5, 0.6) is 0 Å². The van der Waals surface area contributed by atoms with Crippen LogP contribution >= 0.6 is 0 Å². The van der Waals surface area contributed by atoms with Crippen molar-refractivity contribution in [2.45, 2.75) is 117 Å². The third kappa shape index (κ3) is 5.77. The highest BCUT2D eigenvalue weighted by Crippen LogP contribution is 2.58. The summed E-state index contributed by atoms with van der Waals surface area (Å²) in [6.45, 7) is 14.2. The van der Waals surface area contributed by atoms with Crippen molar-refractivity contribution in [1.82, 2.24) is 0 Å². The minimum atomic E-state index is -0.612. The predicted octanol–water partition coefficient (Wildman–Crippen LogP) is 6.75. The smallest absolute Gasteiger partial charge is 0.0809 e. The molecule has 3 rings (SSSR count). The van der Waals surface area contributed by atoms with Crippen molar-refractivity contribution in [1.29, 1.82) is 0 Å². The average Bonchev–Trinajstić information content (AvgIpc) is 3.13. The molecule has 3 unspecified atom stereocenters. The van der Waals surface area contributed by atoms with Gasteiger partial charge in [-0.25, -0.2) is 0 Å². The van der Waals surface area contributed by atoms with Gasteiger partial charge in [-0.2, -0.15) is 0 Å². The maximum atomic E-state index is 10.2. The maximum absolute atomic E-state index is 10.2. The number of rotatable bonds is 9. The van der Waals surface area contributed by atoms with Crippen LogP contribution in [-0.4, -0.2) is 35.1 Å². The van der Waals surface area contributed by atoms with E-state index in [1.54, 1.807) is 5.57 Å². The third-order valence-corrected chi connectivity index (χ3v) is 9.20. The topological polar surface area (TPSA) is 49.7 Å². The Morgan fingerprint density at radius 2 is 1.81 bits per heavy atom. The number of fused-ring (bicyclic) bond motifs is 1. The van der Waals surface area contributed by atoms with Crippen LogP contribution in [0.2, 0.25) is 0 Å². The second kappa shape index (κ2) is 11.5. The Bertz CT molecular complexity index is 673. The summed E-state index contributed by atoms with van der Waals surface area (Å²) in [4.78, 5) is 0. The van der Waals surface area contributed by atoms with Gasteiger partial charge in [0.1, 0.15) is 0 Å². The summed E-state index contributed by atoms with van der Waals surface area (Å²) < 4.78 is 6.41. The van der Waals surface area contributed by atoms with E-state index in [9.17, 15) is 10.2 Å². The highest BCUT2D eigenvalue weighted by atomic mass is 16.5. The third-order valence-electron chi connectivity index (χ3n) is 9.20. The van der Waals surface area contributed by atoms with Crippen LogP contribution in [0.3, 0.4) is 0 Å². The molecule has 3 aliphatic rings. The second-order valence-electron chi connectivity index (χ2n) is 11.1. The summed E-state index contributed by atoms with van der Waals surface area (Å²) in [6.07, 6.45) is 16.1. The number of aliphatic hydroxyl groups excluding tert-OH is 2. The van der Waals surface area contributed by atoms with E-state index in [0.29, 0.717) is 41.8 Å². The molecule has 32 heavy (non-hydrogen) atoms. The fraction of sp³-hybridized carbons (Fsp3) is 0.793. The Kier molecular flexibility index (Phi) is 9.23. The van der Waals surface area contributed by atoms with Gasteiger partial charge in [0.25, 0.3) is 0 Å². The summed E-state index contributed by atoms with van der Waals surface area (Å²) in [5.74, 6) is 2.13. The molecule has 3 saturated carbocycles. The lowest BCUT2D eigenvalue weighted by atomic mass is 9.62. The first-order valence-electron chi connectivity index (χ1n) is 13.3. The molecule has 0 aromatic rings. The van der Waals surface area contributed by atoms with Crippen molar-refractivity contribution in [2.24, 2.45) is 23.2 Å². The number of hydrogen-bond acceptors (Lipinski definition) is 3. The lowest BCUT2D eigenvalue weighted by Gasteiger charge is -2.44. The molecule has 3 fully saturated rings. The van der Waals surface area contributed by atoms with E-state index in [4.69, 9.17) is 4.74 Å². The molecule has 0 heterocycles. The van der Waals surface area contributed by atoms with E-state index in [-0.39, 0.29) is 0 Å². The second-order valence-corrected chi connectivity index (χ2v) is 11.1. The molecule has 2 N–H and O–H groups in total. The van der Waals surface area contributed by atoms with Crippen LogP contribution in [-0.2, 0) is 4.74 Å². The molecule has 0 bridgehead atoms. The fourth-order valence-corrected chi connectivity index (χ4v) is 6.93. The molecule has 0 spiro atoms. The van der Waals surface area contributed by atoms with Gasteiger partial charge < -0.3 is 14.9 Å². The molecule has 0 saturated heterocycles. The summed E-state index contributed by atoms with van der Waals surface area (Å²) in [7, 11) is 0. The lowest BCUT2D eigenvalue weighted by molar-refractivity contribution is -0.0268. The van der Waals surface area contributed by atoms with E-state index >= 15 is 0 Å². The minimum absolute atomic E-state index is 0.331. The molecule has 3 aliphatic carbocycles. The van der Waals surface area contributed by atoms with Crippen molar-refractivity contribution < 1.29 is 14.9 Å². The Labute approximate surface area is 197 Å². The van der Waals surface area contributed by atoms with Crippen LogP contribution in [0.1, 0.15) is 98.3 Å². The van der Waals surface area contributed by atoms with Gasteiger partial charge in [0.05, 0.1) is 18.3 Å². The Hall–Kier alpha value is -0.900. The number of hydrogen-bond donors (Lipinski definition) is 2. The zero-order valence-corrected chi connectivity index (χ0v) is 21.1. The molecule has 0 aromatic heterocycles. The van der Waals surface area contributed by atoms with Crippen LogP contribution in [0.15, 0.2) is 35.5 Å². The van der Waals surface area contributed by atoms with Crippen LogP contribution in [0.25, 0.3) is 0 Å². The van der Waals surface area contributed by atoms with Crippen molar-refractivity contribution in [2.75, 3.05) is 6.61 Å². The standard InChI is InChI=1S/C29H48O3/c1-6-22(7-2)10-9-17-32-21(4)25-14-15-26-24(11-8-16-29(25,26)5)13-12-23-18-27(30)20(3)28(31)19-23/h12-13,21-22,25-28,30-31H,3,6-11,14-19H2,1-2,4-5H3/b24-13+/t21-,25?,26?,27-,28-,29?/m1/s1. The SMILES string of the molecule is C=C1[C@H](O)CC(=C/C=C2\CCCC3(C)C2CCC3[C@@H](C)OCCCC(CC)CC)C[C@H]1O. The number of ether oxygens (including phenoxy) is 1. The van der Waals surface area contributed by atoms with Crippen LogP contribution < -0.4 is 0 Å². The zero-order valence-electron chi connectivity index (χ0n) is 21.1. The van der Waals surface area contributed by atoms with E-state index in [2.05, 4.69) is 46.4 Å². The van der Waals surface area contributed by atoms with E-state index in [0.717, 1.165) is 18.1 Å². The van der Waals surface area contributed by atoms with E-state index < -0.39 is 12.2 Å². The number of allylic oxidation sites excluding steroid dienone is 3. The van der Waals surface area contributed by atoms with Crippen LogP contribution in [0, 0.1) is 23.2 Å². The first kappa shape index (κ1) is 25.7. The molecule has 3 nitrogen and oxygen atoms in total. The summed E-state index contributed by atoms with van der Waals surface area (Å²) >= 11 is 0. The normalized spacial score (nSPS) is 35.4. The maximum Gasteiger partial charge on any atom is 0.0809 e. The highest BCUT2D eigenvalue weighted by Gasteiger charge is 2.51. The van der Waals surface area contributed by atoms with Gasteiger partial charge in [-0.05, 0) is 93.5 Å². The van der Waals surface area contributed by atoms with Gasteiger partial charge in [0.15, 0.2) is 0 Å². The summed E-state index contributed by atoms with van der Waals surface area (Å²) in [5.41, 5.74) is 3.61. The Morgan fingerprint density at radius 3 is 2.47 bits per heavy atom. The molecule has 3 heteroatoms. The predicted molar refractivity (Wildman–Crippen MR) is 133 cm³/mol. The highest BCUT2D eigenvalue weighted by molar-refractivity contribution is 5.29. The van der Waals surface area contributed by atoms with Gasteiger partial charge >= 0.3 is 0 Å². The van der Waals surface area contributed by atoms with Crippen molar-refractivity contribution in [3.05, 3.63) is 35.5 Å². The first-order chi connectivity index (χ1) is 15.3. The molecule has 0 amide bonds. The van der Waals surface area contributed by atoms with Gasteiger partial charge in [0, 0.05) is 6.61 Å². The van der Waals surface area contributed by atoms with Crippen molar-refractivity contribution in [3.8, 4) is 0 Å². The van der Waals surface area contributed by atoms with Gasteiger partial charge in [0.2, 0.25) is 0 Å². The molecule has 0 aliphatic heterocycles. The van der Waals surface area contributed by atoms with E-state index in [1.807, 2.05) is 0 Å². The number of aliphatic hydroxyl groups is 2. The van der Waals surface area contributed by atoms with Gasteiger partial charge in [-0.15, -0.1) is 0 Å². The lowest BCUT2D eigenvalue weighted by Crippen LogP contribution is -2.38. The van der Waals surface area contributed by atoms with Gasteiger partial charge in [-0.1, -0.05) is 63.5 Å². The zero-order chi connectivity index (χ0) is 23.3. The van der Waals surface area contributed by atoms with Crippen molar-refractivity contribution >= 4 is 0 Å². The van der Waals surface area contributed by atoms with Crippen LogP contribution in [0.4, 0.5) is 0 Å². The average molecular weight is 445 g/mol. The molecule has 6 atom stereocenters. The first-order valence-corrected chi connectivity index (χ1v) is 13.3. The monoisotopic (exact) mass is 444 g/mol. The minimum Gasteiger partial charge on any atom is -0.388 e. The van der Waals surface area contributed by atoms with E-state index in [1.165, 1.54) is 57.8 Å². The molecular weight excluding hydrogens is 396 g/mol. The van der Waals surface area contributed by atoms with Gasteiger partial charge in [-0.3, -0.25) is 0 Å².